The predicted molar refractivity (Wildman–Crippen MR) is 81.0 cm³/mol. The zero-order valence-corrected chi connectivity index (χ0v) is 12.6. The Balaban J connectivity index is 1.39. The smallest absolute Gasteiger partial charge is 0.261 e. The Labute approximate surface area is 129 Å². The Morgan fingerprint density at radius 2 is 1.73 bits per heavy atom. The average molecular weight is 301 g/mol. The van der Waals surface area contributed by atoms with Crippen molar-refractivity contribution in [3.05, 3.63) is 41.2 Å². The van der Waals surface area contributed by atoms with Crippen LogP contribution < -0.4 is 4.74 Å². The van der Waals surface area contributed by atoms with E-state index in [-0.39, 0.29) is 18.3 Å². The van der Waals surface area contributed by atoms with Gasteiger partial charge in [-0.2, -0.15) is 0 Å². The maximum absolute atomic E-state index is 12.9. The highest BCUT2D eigenvalue weighted by Crippen LogP contribution is 2.44. The maximum Gasteiger partial charge on any atom is 0.261 e. The van der Waals surface area contributed by atoms with E-state index in [1.807, 2.05) is 0 Å². The van der Waals surface area contributed by atoms with Crippen molar-refractivity contribution in [1.82, 2.24) is 4.90 Å². The summed E-state index contributed by atoms with van der Waals surface area (Å²) in [5.74, 6) is 0.310. The molecule has 3 fully saturated rings. The molecule has 2 unspecified atom stereocenters. The molecule has 22 heavy (non-hydrogen) atoms. The van der Waals surface area contributed by atoms with Crippen molar-refractivity contribution in [2.45, 2.75) is 50.6 Å². The van der Waals surface area contributed by atoms with Crippen LogP contribution >= 0.6 is 0 Å². The largest absolute Gasteiger partial charge is 0.484 e. The van der Waals surface area contributed by atoms with Gasteiger partial charge in [0.2, 0.25) is 0 Å². The van der Waals surface area contributed by atoms with Crippen molar-refractivity contribution in [2.75, 3.05) is 6.61 Å². The standard InChI is InChI=1S/C18H20FNO2/c19-14-3-7-17(8-4-14)22-11-18(21)20-15-5-6-16(20)10-13(9-15)12-1-2-12/h3-4,7-8,15-16H,1-2,5-6,9-11H2. The van der Waals surface area contributed by atoms with Crippen molar-refractivity contribution in [3.63, 3.8) is 0 Å². The summed E-state index contributed by atoms with van der Waals surface area (Å²) in [6.45, 7) is 0.0462. The Hall–Kier alpha value is -1.84. The Kier molecular flexibility index (Phi) is 3.40. The van der Waals surface area contributed by atoms with Crippen LogP contribution in [0.5, 0.6) is 5.75 Å². The summed E-state index contributed by atoms with van der Waals surface area (Å²) in [4.78, 5) is 14.6. The second-order valence-electron chi connectivity index (χ2n) is 6.54. The van der Waals surface area contributed by atoms with E-state index in [9.17, 15) is 9.18 Å². The Bertz CT molecular complexity index is 600. The summed E-state index contributed by atoms with van der Waals surface area (Å²) < 4.78 is 18.4. The number of allylic oxidation sites excluding steroid dienone is 1. The monoisotopic (exact) mass is 301 g/mol. The fourth-order valence-electron chi connectivity index (χ4n) is 3.88. The Morgan fingerprint density at radius 1 is 1.09 bits per heavy atom. The van der Waals surface area contributed by atoms with Crippen molar-refractivity contribution < 1.29 is 13.9 Å². The van der Waals surface area contributed by atoms with E-state index in [1.165, 1.54) is 25.0 Å². The zero-order valence-electron chi connectivity index (χ0n) is 12.6. The topological polar surface area (TPSA) is 29.5 Å². The van der Waals surface area contributed by atoms with Gasteiger partial charge in [-0.1, -0.05) is 11.1 Å². The summed E-state index contributed by atoms with van der Waals surface area (Å²) in [6.07, 6.45) is 6.91. The SMILES string of the molecule is O=C(COc1ccc(F)cc1)N1C2CCC1CC(=C1CC1)C2. The molecule has 1 aromatic rings. The molecule has 4 heteroatoms. The number of carbonyl (C=O) groups is 1. The summed E-state index contributed by atoms with van der Waals surface area (Å²) in [7, 11) is 0. The fraction of sp³-hybridized carbons (Fsp3) is 0.500. The summed E-state index contributed by atoms with van der Waals surface area (Å²) >= 11 is 0. The molecule has 1 saturated carbocycles. The first-order valence-electron chi connectivity index (χ1n) is 8.10. The molecule has 2 saturated heterocycles. The summed E-state index contributed by atoms with van der Waals surface area (Å²) in [5.41, 5.74) is 3.27. The van der Waals surface area contributed by atoms with E-state index in [1.54, 1.807) is 23.3 Å². The molecule has 116 valence electrons. The number of amides is 1. The van der Waals surface area contributed by atoms with Gasteiger partial charge in [0.1, 0.15) is 11.6 Å². The van der Waals surface area contributed by atoms with Crippen LogP contribution in [0.25, 0.3) is 0 Å². The number of rotatable bonds is 3. The first kappa shape index (κ1) is 13.8. The van der Waals surface area contributed by atoms with E-state index >= 15 is 0 Å². The van der Waals surface area contributed by atoms with Gasteiger partial charge < -0.3 is 9.64 Å². The molecule has 1 amide bonds. The fourth-order valence-corrected chi connectivity index (χ4v) is 3.88. The maximum atomic E-state index is 12.9. The van der Waals surface area contributed by atoms with Crippen molar-refractivity contribution in [3.8, 4) is 5.75 Å². The van der Waals surface area contributed by atoms with E-state index in [4.69, 9.17) is 4.74 Å². The molecule has 0 aromatic heterocycles. The van der Waals surface area contributed by atoms with Crippen molar-refractivity contribution in [2.24, 2.45) is 0 Å². The molecular formula is C18H20FNO2. The lowest BCUT2D eigenvalue weighted by molar-refractivity contribution is -0.137. The van der Waals surface area contributed by atoms with E-state index in [0.717, 1.165) is 25.7 Å². The van der Waals surface area contributed by atoms with E-state index in [0.29, 0.717) is 17.8 Å². The third-order valence-electron chi connectivity index (χ3n) is 5.05. The van der Waals surface area contributed by atoms with Gasteiger partial charge in [-0.3, -0.25) is 4.79 Å². The number of hydrogen-bond acceptors (Lipinski definition) is 2. The number of nitrogens with zero attached hydrogens (tertiary/aromatic N) is 1. The molecule has 0 N–H and O–H groups in total. The van der Waals surface area contributed by atoms with Gasteiger partial charge in [-0.25, -0.2) is 4.39 Å². The summed E-state index contributed by atoms with van der Waals surface area (Å²) in [5, 5.41) is 0. The van der Waals surface area contributed by atoms with Gasteiger partial charge in [0, 0.05) is 12.1 Å². The molecule has 2 heterocycles. The molecular weight excluding hydrogens is 281 g/mol. The van der Waals surface area contributed by atoms with Gasteiger partial charge in [-0.05, 0) is 62.8 Å². The Morgan fingerprint density at radius 3 is 2.32 bits per heavy atom. The average Bonchev–Trinajstić information content (AvgIpc) is 3.32. The number of piperidine rings is 1. The van der Waals surface area contributed by atoms with Gasteiger partial charge >= 0.3 is 0 Å². The first-order chi connectivity index (χ1) is 10.7. The highest BCUT2D eigenvalue weighted by molar-refractivity contribution is 5.79. The van der Waals surface area contributed by atoms with Crippen LogP contribution in [0, 0.1) is 5.82 Å². The lowest BCUT2D eigenvalue weighted by Gasteiger charge is -2.36. The first-order valence-corrected chi connectivity index (χ1v) is 8.10. The minimum Gasteiger partial charge on any atom is -0.484 e. The lowest BCUT2D eigenvalue weighted by atomic mass is 9.95. The molecule has 4 rings (SSSR count). The van der Waals surface area contributed by atoms with Gasteiger partial charge in [0.05, 0.1) is 0 Å². The van der Waals surface area contributed by atoms with Crippen LogP contribution in [0.3, 0.4) is 0 Å². The highest BCUT2D eigenvalue weighted by Gasteiger charge is 2.42. The molecule has 2 atom stereocenters. The van der Waals surface area contributed by atoms with Crippen LogP contribution in [0.2, 0.25) is 0 Å². The zero-order chi connectivity index (χ0) is 15.1. The second kappa shape index (κ2) is 5.41. The van der Waals surface area contributed by atoms with Crippen LogP contribution in [0.15, 0.2) is 35.4 Å². The third-order valence-corrected chi connectivity index (χ3v) is 5.05. The molecule has 2 aliphatic heterocycles. The quantitative estimate of drug-likeness (QED) is 0.800. The highest BCUT2D eigenvalue weighted by atomic mass is 19.1. The molecule has 3 nitrogen and oxygen atoms in total. The van der Waals surface area contributed by atoms with Gasteiger partial charge in [0.25, 0.3) is 5.91 Å². The molecule has 0 radical (unpaired) electrons. The number of fused-ring (bicyclic) bond motifs is 2. The normalized spacial score (nSPS) is 26.3. The van der Waals surface area contributed by atoms with Crippen LogP contribution in [0.4, 0.5) is 4.39 Å². The van der Waals surface area contributed by atoms with Crippen LogP contribution in [0.1, 0.15) is 38.5 Å². The second-order valence-corrected chi connectivity index (χ2v) is 6.54. The predicted octanol–water partition coefficient (Wildman–Crippen LogP) is 3.45. The van der Waals surface area contributed by atoms with E-state index in [2.05, 4.69) is 4.90 Å². The molecule has 0 spiro atoms. The number of carbonyl (C=O) groups excluding carboxylic acids is 1. The number of halogens is 1. The number of benzene rings is 1. The van der Waals surface area contributed by atoms with Crippen molar-refractivity contribution in [1.29, 1.82) is 0 Å². The molecule has 1 aromatic carbocycles. The minimum atomic E-state index is -0.298. The molecule has 1 aliphatic carbocycles. The van der Waals surface area contributed by atoms with Crippen molar-refractivity contribution >= 4 is 5.91 Å². The van der Waals surface area contributed by atoms with Crippen LogP contribution in [-0.4, -0.2) is 29.5 Å². The number of hydrogen-bond donors (Lipinski definition) is 0. The van der Waals surface area contributed by atoms with E-state index < -0.39 is 0 Å². The van der Waals surface area contributed by atoms with Gasteiger partial charge in [-0.15, -0.1) is 0 Å². The van der Waals surface area contributed by atoms with Gasteiger partial charge in [0.15, 0.2) is 6.61 Å². The summed E-state index contributed by atoms with van der Waals surface area (Å²) in [6, 6.07) is 6.54. The molecule has 3 aliphatic rings. The lowest BCUT2D eigenvalue weighted by Crippen LogP contribution is -2.46. The van der Waals surface area contributed by atoms with Crippen LogP contribution in [-0.2, 0) is 4.79 Å². The molecule has 2 bridgehead atoms. The minimum absolute atomic E-state index is 0.0462. The third kappa shape index (κ3) is 2.62. The number of ether oxygens (including phenoxy) is 1.